The zero-order valence-corrected chi connectivity index (χ0v) is 5.53. The van der Waals surface area contributed by atoms with Crippen LogP contribution in [0, 0.1) is 12.3 Å². The van der Waals surface area contributed by atoms with E-state index in [1.807, 2.05) is 0 Å². The first-order valence-electron chi connectivity index (χ1n) is 3.34. The van der Waals surface area contributed by atoms with Crippen molar-refractivity contribution in [2.75, 3.05) is 0 Å². The van der Waals surface area contributed by atoms with Gasteiger partial charge in [0.05, 0.1) is 0 Å². The van der Waals surface area contributed by atoms with E-state index in [2.05, 4.69) is 0 Å². The summed E-state index contributed by atoms with van der Waals surface area (Å²) in [5, 5.41) is 0. The van der Waals surface area contributed by atoms with Gasteiger partial charge in [-0.05, 0) is 19.3 Å². The van der Waals surface area contributed by atoms with Gasteiger partial charge in [-0.25, -0.2) is 8.78 Å². The van der Waals surface area contributed by atoms with E-state index in [1.54, 1.807) is 13.3 Å². The summed E-state index contributed by atoms with van der Waals surface area (Å²) in [5.41, 5.74) is 0. The van der Waals surface area contributed by atoms with Gasteiger partial charge in [0.2, 0.25) is 0 Å². The third-order valence-electron chi connectivity index (χ3n) is 1.97. The zero-order valence-electron chi connectivity index (χ0n) is 5.53. The lowest BCUT2D eigenvalue weighted by atomic mass is 10.0. The zero-order chi connectivity index (χ0) is 6.91. The summed E-state index contributed by atoms with van der Waals surface area (Å²) < 4.78 is 25.2. The maximum Gasteiger partial charge on any atom is 0.251 e. The van der Waals surface area contributed by atoms with Crippen molar-refractivity contribution in [2.24, 2.45) is 5.92 Å². The van der Waals surface area contributed by atoms with Crippen molar-refractivity contribution < 1.29 is 8.78 Å². The Morgan fingerprint density at radius 2 is 2.22 bits per heavy atom. The van der Waals surface area contributed by atoms with E-state index in [0.29, 0.717) is 12.8 Å². The normalized spacial score (nSPS) is 33.0. The molecule has 0 spiro atoms. The Balaban J connectivity index is 2.52. The van der Waals surface area contributed by atoms with Gasteiger partial charge in [-0.15, -0.1) is 0 Å². The summed E-state index contributed by atoms with van der Waals surface area (Å²) in [6.45, 7) is 1.71. The Morgan fingerprint density at radius 3 is 2.44 bits per heavy atom. The lowest BCUT2D eigenvalue weighted by Crippen LogP contribution is -2.20. The average molecular weight is 133 g/mol. The second kappa shape index (κ2) is 2.24. The summed E-state index contributed by atoms with van der Waals surface area (Å²) in [5.74, 6) is -2.84. The summed E-state index contributed by atoms with van der Waals surface area (Å²) in [6.07, 6.45) is 3.06. The molecule has 0 aliphatic heterocycles. The number of hydrogen-bond acceptors (Lipinski definition) is 0. The van der Waals surface area contributed by atoms with Gasteiger partial charge in [-0.3, -0.25) is 0 Å². The maximum atomic E-state index is 12.6. The first-order valence-corrected chi connectivity index (χ1v) is 3.34. The first-order chi connectivity index (χ1) is 4.17. The van der Waals surface area contributed by atoms with Crippen LogP contribution in [0.4, 0.5) is 8.78 Å². The molecule has 1 rings (SSSR count). The third-order valence-corrected chi connectivity index (χ3v) is 1.97. The van der Waals surface area contributed by atoms with E-state index >= 15 is 0 Å². The molecule has 0 saturated heterocycles. The molecule has 1 fully saturated rings. The average Bonchev–Trinajstić information content (AvgIpc) is 2.08. The smallest absolute Gasteiger partial charge is 0.207 e. The lowest BCUT2D eigenvalue weighted by Gasteiger charge is -2.15. The van der Waals surface area contributed by atoms with Gasteiger partial charge >= 0.3 is 0 Å². The Bertz CT molecular complexity index is 99.1. The van der Waals surface area contributed by atoms with E-state index in [4.69, 9.17) is 0 Å². The Kier molecular flexibility index (Phi) is 1.73. The molecule has 1 atom stereocenters. The van der Waals surface area contributed by atoms with Crippen molar-refractivity contribution in [3.8, 4) is 0 Å². The second-order valence-electron chi connectivity index (χ2n) is 2.59. The number of hydrogen-bond donors (Lipinski definition) is 0. The van der Waals surface area contributed by atoms with Crippen LogP contribution in [0.2, 0.25) is 0 Å². The predicted octanol–water partition coefficient (Wildman–Crippen LogP) is 2.65. The van der Waals surface area contributed by atoms with Gasteiger partial charge in [-0.1, -0.05) is 6.92 Å². The molecule has 0 bridgehead atoms. The highest BCUT2D eigenvalue weighted by atomic mass is 19.3. The lowest BCUT2D eigenvalue weighted by molar-refractivity contribution is -0.0250. The first kappa shape index (κ1) is 6.97. The van der Waals surface area contributed by atoms with Gasteiger partial charge in [-0.2, -0.15) is 0 Å². The molecule has 0 aromatic carbocycles. The molecule has 9 heavy (non-hydrogen) atoms. The summed E-state index contributed by atoms with van der Waals surface area (Å²) in [7, 11) is 0. The van der Waals surface area contributed by atoms with E-state index in [0.717, 1.165) is 0 Å². The van der Waals surface area contributed by atoms with Gasteiger partial charge in [0, 0.05) is 12.3 Å². The van der Waals surface area contributed by atoms with Crippen LogP contribution in [-0.4, -0.2) is 5.92 Å². The molecule has 1 radical (unpaired) electrons. The van der Waals surface area contributed by atoms with Crippen LogP contribution < -0.4 is 0 Å². The van der Waals surface area contributed by atoms with Crippen LogP contribution in [0.3, 0.4) is 0 Å². The monoisotopic (exact) mass is 133 g/mol. The van der Waals surface area contributed by atoms with Crippen molar-refractivity contribution >= 4 is 0 Å². The van der Waals surface area contributed by atoms with Crippen molar-refractivity contribution in [3.05, 3.63) is 6.42 Å². The van der Waals surface area contributed by atoms with Crippen molar-refractivity contribution in [3.63, 3.8) is 0 Å². The summed E-state index contributed by atoms with van der Waals surface area (Å²) in [4.78, 5) is 0. The molecule has 1 aliphatic carbocycles. The van der Waals surface area contributed by atoms with E-state index in [-0.39, 0.29) is 6.42 Å². The molecule has 0 heterocycles. The molecule has 0 aromatic rings. The predicted molar refractivity (Wildman–Crippen MR) is 32.3 cm³/mol. The highest BCUT2D eigenvalue weighted by Crippen LogP contribution is 2.41. The van der Waals surface area contributed by atoms with Crippen LogP contribution in [0.15, 0.2) is 0 Å². The minimum atomic E-state index is -2.39. The van der Waals surface area contributed by atoms with E-state index in [1.165, 1.54) is 0 Å². The van der Waals surface area contributed by atoms with Crippen molar-refractivity contribution in [2.45, 2.75) is 32.1 Å². The quantitative estimate of drug-likeness (QED) is 0.515. The van der Waals surface area contributed by atoms with Gasteiger partial charge < -0.3 is 0 Å². The van der Waals surface area contributed by atoms with Crippen LogP contribution in [0.5, 0.6) is 0 Å². The molecule has 1 saturated carbocycles. The highest BCUT2D eigenvalue weighted by Gasteiger charge is 2.42. The topological polar surface area (TPSA) is 0 Å². The summed E-state index contributed by atoms with van der Waals surface area (Å²) >= 11 is 0. The molecule has 1 unspecified atom stereocenters. The van der Waals surface area contributed by atoms with Crippen LogP contribution in [0.1, 0.15) is 26.2 Å². The molecule has 1 aliphatic rings. The number of rotatable bonds is 1. The van der Waals surface area contributed by atoms with Gasteiger partial charge in [0.1, 0.15) is 0 Å². The number of alkyl halides is 2. The highest BCUT2D eigenvalue weighted by molar-refractivity contribution is 4.90. The van der Waals surface area contributed by atoms with Crippen LogP contribution >= 0.6 is 0 Å². The Hall–Kier alpha value is -0.140. The van der Waals surface area contributed by atoms with E-state index < -0.39 is 11.8 Å². The molecule has 0 nitrogen and oxygen atoms in total. The van der Waals surface area contributed by atoms with Crippen LogP contribution in [-0.2, 0) is 0 Å². The standard InChI is InChI=1S/C7H11F2/c1-2-6-4-3-5-7(6,8)9/h2,6H,3-5H2,1H3. The van der Waals surface area contributed by atoms with Crippen LogP contribution in [0.25, 0.3) is 0 Å². The molecular weight excluding hydrogens is 122 g/mol. The fourth-order valence-electron chi connectivity index (χ4n) is 1.36. The second-order valence-corrected chi connectivity index (χ2v) is 2.59. The molecule has 0 N–H and O–H groups in total. The molecule has 0 amide bonds. The van der Waals surface area contributed by atoms with Gasteiger partial charge in [0.15, 0.2) is 0 Å². The Labute approximate surface area is 54.3 Å². The fourth-order valence-corrected chi connectivity index (χ4v) is 1.36. The molecule has 2 heteroatoms. The van der Waals surface area contributed by atoms with Crippen molar-refractivity contribution in [1.82, 2.24) is 0 Å². The van der Waals surface area contributed by atoms with Crippen molar-refractivity contribution in [1.29, 1.82) is 0 Å². The molecule has 53 valence electrons. The van der Waals surface area contributed by atoms with E-state index in [9.17, 15) is 8.78 Å². The minimum absolute atomic E-state index is 0.0853. The molecule has 0 aromatic heterocycles. The fraction of sp³-hybridized carbons (Fsp3) is 0.857. The number of halogens is 2. The maximum absolute atomic E-state index is 12.6. The largest absolute Gasteiger partial charge is 0.251 e. The Morgan fingerprint density at radius 1 is 1.56 bits per heavy atom. The summed E-state index contributed by atoms with van der Waals surface area (Å²) in [6, 6.07) is 0. The minimum Gasteiger partial charge on any atom is -0.207 e. The SMILES string of the molecule is C[CH]C1CCCC1(F)F. The molecular formula is C7H11F2. The van der Waals surface area contributed by atoms with Gasteiger partial charge in [0.25, 0.3) is 5.92 Å². The third kappa shape index (κ3) is 1.22.